The van der Waals surface area contributed by atoms with Crippen molar-refractivity contribution in [2.45, 2.75) is 31.7 Å². The summed E-state index contributed by atoms with van der Waals surface area (Å²) in [5.74, 6) is -0.673. The van der Waals surface area contributed by atoms with Gasteiger partial charge in [-0.1, -0.05) is 11.8 Å². The summed E-state index contributed by atoms with van der Waals surface area (Å²) < 4.78 is 0. The van der Waals surface area contributed by atoms with Gasteiger partial charge in [0.1, 0.15) is 0 Å². The Balaban J connectivity index is 2.62. The number of hydrogen-bond acceptors (Lipinski definition) is 4. The van der Waals surface area contributed by atoms with Crippen LogP contribution in [-0.2, 0) is 9.59 Å². The maximum absolute atomic E-state index is 11.1. The van der Waals surface area contributed by atoms with Crippen molar-refractivity contribution in [3.63, 3.8) is 0 Å². The van der Waals surface area contributed by atoms with Crippen LogP contribution in [0.25, 0.3) is 0 Å². The first kappa shape index (κ1) is 10.5. The second-order valence-corrected chi connectivity index (χ2v) is 4.99. The number of rotatable bonds is 2. The number of amides is 1. The van der Waals surface area contributed by atoms with Crippen LogP contribution in [-0.4, -0.2) is 27.1 Å². The zero-order valence-electron chi connectivity index (χ0n) is 7.83. The van der Waals surface area contributed by atoms with Gasteiger partial charge in [0.25, 0.3) is 0 Å². The Kier molecular flexibility index (Phi) is 2.68. The van der Waals surface area contributed by atoms with E-state index in [2.05, 4.69) is 5.32 Å². The molecule has 1 rings (SSSR count). The highest BCUT2D eigenvalue weighted by molar-refractivity contribution is 8.14. The number of hydrogen-bond donors (Lipinski definition) is 2. The summed E-state index contributed by atoms with van der Waals surface area (Å²) in [5, 5.41) is 11.9. The molecular formula is C8H13NO3S. The molecule has 0 aliphatic carbocycles. The Morgan fingerprint density at radius 3 is 2.46 bits per heavy atom. The molecular weight excluding hydrogens is 190 g/mol. The predicted molar refractivity (Wildman–Crippen MR) is 50.0 cm³/mol. The minimum atomic E-state index is -1.06. The van der Waals surface area contributed by atoms with E-state index in [1.165, 1.54) is 6.92 Å². The Bertz CT molecular complexity index is 246. The van der Waals surface area contributed by atoms with Crippen LogP contribution in [0.2, 0.25) is 0 Å². The third-order valence-corrected chi connectivity index (χ3v) is 2.90. The third kappa shape index (κ3) is 2.22. The maximum Gasteiger partial charge on any atom is 0.229 e. The lowest BCUT2D eigenvalue weighted by Crippen LogP contribution is -2.64. The fourth-order valence-corrected chi connectivity index (χ4v) is 2.45. The molecule has 1 amide bonds. The predicted octanol–water partition coefficient (Wildman–Crippen LogP) is 0.109. The summed E-state index contributed by atoms with van der Waals surface area (Å²) in [6.07, 6.45) is 0. The Morgan fingerprint density at radius 1 is 1.62 bits per heavy atom. The number of carbonyl (C=O) groups excluding carboxylic acids is 2. The highest BCUT2D eigenvalue weighted by Gasteiger charge is 2.49. The van der Waals surface area contributed by atoms with E-state index in [4.69, 9.17) is 0 Å². The molecule has 0 aromatic rings. The smallest absolute Gasteiger partial charge is 0.229 e. The van der Waals surface area contributed by atoms with Crippen LogP contribution in [0, 0.1) is 5.92 Å². The summed E-state index contributed by atoms with van der Waals surface area (Å²) in [5.41, 5.74) is -1.06. The molecule has 1 fully saturated rings. The van der Waals surface area contributed by atoms with Crippen molar-refractivity contribution < 1.29 is 14.7 Å². The van der Waals surface area contributed by atoms with Gasteiger partial charge >= 0.3 is 0 Å². The zero-order chi connectivity index (χ0) is 10.2. The van der Waals surface area contributed by atoms with Crippen molar-refractivity contribution in [3.05, 3.63) is 0 Å². The molecule has 0 unspecified atom stereocenters. The molecule has 1 saturated heterocycles. The lowest BCUT2D eigenvalue weighted by molar-refractivity contribution is -0.143. The molecule has 1 aliphatic rings. The fourth-order valence-electron chi connectivity index (χ4n) is 1.32. The van der Waals surface area contributed by atoms with Gasteiger partial charge in [-0.2, -0.15) is 0 Å². The normalized spacial score (nSPS) is 27.8. The molecule has 74 valence electrons. The second kappa shape index (κ2) is 3.31. The van der Waals surface area contributed by atoms with Gasteiger partial charge in [-0.05, 0) is 13.8 Å². The summed E-state index contributed by atoms with van der Waals surface area (Å²) in [4.78, 5) is 21.8. The summed E-state index contributed by atoms with van der Waals surface area (Å²) in [6, 6.07) is 0. The van der Waals surface area contributed by atoms with Gasteiger partial charge in [-0.25, -0.2) is 0 Å². The third-order valence-electron chi connectivity index (χ3n) is 1.92. The largest absolute Gasteiger partial charge is 0.390 e. The van der Waals surface area contributed by atoms with Gasteiger partial charge in [0.2, 0.25) is 5.91 Å². The summed E-state index contributed by atoms with van der Waals surface area (Å²) in [7, 11) is 0. The number of nitrogens with one attached hydrogen (secondary N) is 1. The standard InChI is InChI=1S/C8H13NO3S/c1-4(10)13-7-5(6(11)9-7)8(2,3)12/h5,7,12H,1-3H3,(H,9,11)/t5-,7-/m1/s1. The molecule has 4 nitrogen and oxygen atoms in total. The van der Waals surface area contributed by atoms with E-state index < -0.39 is 11.5 Å². The van der Waals surface area contributed by atoms with Crippen molar-refractivity contribution in [2.75, 3.05) is 0 Å². The molecule has 0 aromatic carbocycles. The van der Waals surface area contributed by atoms with E-state index in [0.29, 0.717) is 0 Å². The topological polar surface area (TPSA) is 66.4 Å². The first-order valence-electron chi connectivity index (χ1n) is 4.02. The molecule has 0 saturated carbocycles. The average molecular weight is 203 g/mol. The van der Waals surface area contributed by atoms with Crippen LogP contribution >= 0.6 is 11.8 Å². The molecule has 1 heterocycles. The minimum Gasteiger partial charge on any atom is -0.390 e. The highest BCUT2D eigenvalue weighted by Crippen LogP contribution is 2.33. The molecule has 1 aliphatic heterocycles. The van der Waals surface area contributed by atoms with Crippen molar-refractivity contribution in [1.29, 1.82) is 0 Å². The van der Waals surface area contributed by atoms with Crippen LogP contribution < -0.4 is 5.32 Å². The first-order valence-corrected chi connectivity index (χ1v) is 4.90. The van der Waals surface area contributed by atoms with E-state index in [9.17, 15) is 14.7 Å². The maximum atomic E-state index is 11.1. The molecule has 13 heavy (non-hydrogen) atoms. The van der Waals surface area contributed by atoms with Crippen LogP contribution in [0.5, 0.6) is 0 Å². The van der Waals surface area contributed by atoms with E-state index in [-0.39, 0.29) is 16.4 Å². The van der Waals surface area contributed by atoms with Crippen molar-refractivity contribution in [2.24, 2.45) is 5.92 Å². The van der Waals surface area contributed by atoms with Crippen molar-refractivity contribution >= 4 is 22.8 Å². The van der Waals surface area contributed by atoms with Crippen LogP contribution in [0.3, 0.4) is 0 Å². The minimum absolute atomic E-state index is 0.0562. The van der Waals surface area contributed by atoms with Crippen LogP contribution in [0.4, 0.5) is 0 Å². The van der Waals surface area contributed by atoms with E-state index in [1.807, 2.05) is 0 Å². The van der Waals surface area contributed by atoms with Crippen molar-refractivity contribution in [3.8, 4) is 0 Å². The number of aliphatic hydroxyl groups is 1. The van der Waals surface area contributed by atoms with E-state index >= 15 is 0 Å². The summed E-state index contributed by atoms with van der Waals surface area (Å²) in [6.45, 7) is 4.59. The van der Waals surface area contributed by atoms with Gasteiger partial charge in [0, 0.05) is 6.92 Å². The molecule has 5 heteroatoms. The second-order valence-electron chi connectivity index (χ2n) is 3.67. The number of β-lactam (4-membered cyclic amide) rings is 1. The molecule has 0 bridgehead atoms. The Morgan fingerprint density at radius 2 is 2.15 bits per heavy atom. The highest BCUT2D eigenvalue weighted by atomic mass is 32.2. The Hall–Kier alpha value is -0.550. The van der Waals surface area contributed by atoms with Gasteiger partial charge in [0.15, 0.2) is 5.12 Å². The monoisotopic (exact) mass is 203 g/mol. The molecule has 0 aromatic heterocycles. The average Bonchev–Trinajstić information content (AvgIpc) is 1.79. The van der Waals surface area contributed by atoms with Crippen LogP contribution in [0.15, 0.2) is 0 Å². The Labute approximate surface area is 81.1 Å². The lowest BCUT2D eigenvalue weighted by Gasteiger charge is -2.42. The van der Waals surface area contributed by atoms with Gasteiger partial charge in [0.05, 0.1) is 16.9 Å². The van der Waals surface area contributed by atoms with Gasteiger partial charge in [-0.3, -0.25) is 9.59 Å². The van der Waals surface area contributed by atoms with Crippen molar-refractivity contribution in [1.82, 2.24) is 5.32 Å². The quantitative estimate of drug-likeness (QED) is 0.625. The molecule has 2 N–H and O–H groups in total. The first-order chi connectivity index (χ1) is 5.82. The fraction of sp³-hybridized carbons (Fsp3) is 0.750. The van der Waals surface area contributed by atoms with E-state index in [0.717, 1.165) is 11.8 Å². The van der Waals surface area contributed by atoms with E-state index in [1.54, 1.807) is 13.8 Å². The summed E-state index contributed by atoms with van der Waals surface area (Å²) >= 11 is 1.05. The van der Waals surface area contributed by atoms with Crippen LogP contribution in [0.1, 0.15) is 20.8 Å². The molecule has 0 radical (unpaired) electrons. The SMILES string of the molecule is CC(=O)S[C@H]1NC(=O)[C@H]1C(C)(C)O. The number of thioether (sulfide) groups is 1. The lowest BCUT2D eigenvalue weighted by atomic mass is 9.85. The number of carbonyl (C=O) groups is 2. The van der Waals surface area contributed by atoms with Gasteiger partial charge < -0.3 is 10.4 Å². The zero-order valence-corrected chi connectivity index (χ0v) is 8.64. The molecule has 2 atom stereocenters. The van der Waals surface area contributed by atoms with Gasteiger partial charge in [-0.15, -0.1) is 0 Å². The molecule has 0 spiro atoms.